The molecule has 1 aromatic carbocycles. The van der Waals surface area contributed by atoms with E-state index in [1.54, 1.807) is 24.3 Å². The molecule has 1 atom stereocenters. The first-order valence-corrected chi connectivity index (χ1v) is 8.47. The molecule has 1 aliphatic heterocycles. The molecule has 0 spiro atoms. The highest BCUT2D eigenvalue weighted by Gasteiger charge is 2.33. The van der Waals surface area contributed by atoms with Gasteiger partial charge >= 0.3 is 6.09 Å². The van der Waals surface area contributed by atoms with Crippen molar-refractivity contribution in [1.82, 2.24) is 0 Å². The fourth-order valence-corrected chi connectivity index (χ4v) is 2.54. The average molecular weight is 327 g/mol. The fourth-order valence-electron chi connectivity index (χ4n) is 2.14. The second-order valence-corrected chi connectivity index (χ2v) is 6.80. The van der Waals surface area contributed by atoms with Gasteiger partial charge in [0.05, 0.1) is 12.8 Å². The van der Waals surface area contributed by atoms with Crippen molar-refractivity contribution in [1.29, 1.82) is 0 Å². The van der Waals surface area contributed by atoms with Crippen LogP contribution >= 0.6 is 0 Å². The smallest absolute Gasteiger partial charge is 0.414 e. The summed E-state index contributed by atoms with van der Waals surface area (Å²) < 4.78 is 31.6. The number of carbonyl (C=O) groups excluding carboxylic acids is 2. The van der Waals surface area contributed by atoms with Crippen molar-refractivity contribution < 1.29 is 26.9 Å². The van der Waals surface area contributed by atoms with Crippen LogP contribution in [0.25, 0.3) is 0 Å². The van der Waals surface area contributed by atoms with Crippen LogP contribution in [0.4, 0.5) is 10.5 Å². The fraction of sp³-hybridized carbons (Fsp3) is 0.429. The number of carbonyl (C=O) groups is 2. The lowest BCUT2D eigenvalue weighted by molar-refractivity contribution is -0.116. The molecule has 0 bridgehead atoms. The Morgan fingerprint density at radius 3 is 2.82 bits per heavy atom. The van der Waals surface area contributed by atoms with Gasteiger partial charge in [0, 0.05) is 12.1 Å². The van der Waals surface area contributed by atoms with Crippen molar-refractivity contribution in [3.63, 3.8) is 0 Å². The van der Waals surface area contributed by atoms with E-state index < -0.39 is 22.3 Å². The average Bonchev–Trinajstić information content (AvgIpc) is 2.76. The topological polar surface area (TPSA) is 90.0 Å². The second kappa shape index (κ2) is 6.45. The zero-order chi connectivity index (χ0) is 16.3. The first kappa shape index (κ1) is 16.4. The maximum absolute atomic E-state index is 11.9. The number of benzene rings is 1. The number of ether oxygens (including phenoxy) is 1. The molecule has 0 saturated carbocycles. The summed E-state index contributed by atoms with van der Waals surface area (Å²) in [5.74, 6) is 0.0283. The number of hydrogen-bond acceptors (Lipinski definition) is 6. The van der Waals surface area contributed by atoms with Crippen LogP contribution in [-0.2, 0) is 30.3 Å². The monoisotopic (exact) mass is 327 g/mol. The molecule has 22 heavy (non-hydrogen) atoms. The summed E-state index contributed by atoms with van der Waals surface area (Å²) in [6.45, 7) is 1.47. The Morgan fingerprint density at radius 1 is 1.45 bits per heavy atom. The standard InChI is InChI=1S/C14H17NO6S/c1-10(16)6-11-4-3-5-12(7-11)15-8-13(21-14(15)17)9-20-22(2,18)19/h3-5,7,13H,6,8-9H2,1-2H3/t13-/m1/s1. The van der Waals surface area contributed by atoms with Crippen LogP contribution in [0, 0.1) is 0 Å². The Labute approximate surface area is 128 Å². The summed E-state index contributed by atoms with van der Waals surface area (Å²) in [5.41, 5.74) is 1.40. The molecular formula is C14H17NO6S. The van der Waals surface area contributed by atoms with E-state index in [9.17, 15) is 18.0 Å². The lowest BCUT2D eigenvalue weighted by Gasteiger charge is -2.14. The van der Waals surface area contributed by atoms with E-state index in [0.717, 1.165) is 11.8 Å². The van der Waals surface area contributed by atoms with E-state index in [4.69, 9.17) is 4.74 Å². The molecule has 1 heterocycles. The van der Waals surface area contributed by atoms with Crippen molar-refractivity contribution in [3.8, 4) is 0 Å². The maximum atomic E-state index is 11.9. The number of anilines is 1. The molecule has 0 aromatic heterocycles. The van der Waals surface area contributed by atoms with Crippen molar-refractivity contribution in [2.75, 3.05) is 24.3 Å². The van der Waals surface area contributed by atoms with Crippen LogP contribution in [0.3, 0.4) is 0 Å². The zero-order valence-electron chi connectivity index (χ0n) is 12.3. The number of rotatable bonds is 6. The molecule has 120 valence electrons. The van der Waals surface area contributed by atoms with Crippen molar-refractivity contribution in [2.24, 2.45) is 0 Å². The van der Waals surface area contributed by atoms with Gasteiger partial charge in [0.2, 0.25) is 0 Å². The van der Waals surface area contributed by atoms with Gasteiger partial charge in [-0.25, -0.2) is 4.79 Å². The molecule has 8 heteroatoms. The van der Waals surface area contributed by atoms with Gasteiger partial charge in [0.1, 0.15) is 18.5 Å². The molecular weight excluding hydrogens is 310 g/mol. The minimum atomic E-state index is -3.58. The number of Topliss-reactive ketones (excluding diaryl/α,β-unsaturated/α-hetero) is 1. The van der Waals surface area contributed by atoms with Crippen LogP contribution < -0.4 is 4.90 Å². The van der Waals surface area contributed by atoms with E-state index >= 15 is 0 Å². The van der Waals surface area contributed by atoms with Crippen LogP contribution in [-0.4, -0.2) is 45.8 Å². The van der Waals surface area contributed by atoms with Gasteiger partial charge in [-0.2, -0.15) is 8.42 Å². The Bertz CT molecular complexity index is 684. The summed E-state index contributed by atoms with van der Waals surface area (Å²) in [4.78, 5) is 24.4. The van der Waals surface area contributed by atoms with Gasteiger partial charge in [0.25, 0.3) is 10.1 Å². The summed E-state index contributed by atoms with van der Waals surface area (Å²) in [6, 6.07) is 7.02. The number of amides is 1. The van der Waals surface area contributed by atoms with Crippen LogP contribution in [0.5, 0.6) is 0 Å². The first-order chi connectivity index (χ1) is 10.2. The highest BCUT2D eigenvalue weighted by Crippen LogP contribution is 2.23. The highest BCUT2D eigenvalue weighted by atomic mass is 32.2. The summed E-state index contributed by atoms with van der Waals surface area (Å²) in [7, 11) is -3.58. The van der Waals surface area contributed by atoms with E-state index in [2.05, 4.69) is 4.18 Å². The quantitative estimate of drug-likeness (QED) is 0.727. The van der Waals surface area contributed by atoms with Crippen molar-refractivity contribution in [2.45, 2.75) is 19.4 Å². The third kappa shape index (κ3) is 4.54. The predicted octanol–water partition coefficient (Wildman–Crippen LogP) is 1.12. The largest absolute Gasteiger partial charge is 0.441 e. The summed E-state index contributed by atoms with van der Waals surface area (Å²) >= 11 is 0. The predicted molar refractivity (Wildman–Crippen MR) is 79.2 cm³/mol. The third-order valence-electron chi connectivity index (χ3n) is 3.02. The summed E-state index contributed by atoms with van der Waals surface area (Å²) in [5, 5.41) is 0. The Hall–Kier alpha value is -1.93. The van der Waals surface area contributed by atoms with E-state index in [0.29, 0.717) is 5.69 Å². The Kier molecular flexibility index (Phi) is 4.82. The highest BCUT2D eigenvalue weighted by molar-refractivity contribution is 7.85. The van der Waals surface area contributed by atoms with E-state index in [-0.39, 0.29) is 25.4 Å². The molecule has 1 fully saturated rings. The maximum Gasteiger partial charge on any atom is 0.414 e. The van der Waals surface area contributed by atoms with Gasteiger partial charge in [-0.1, -0.05) is 12.1 Å². The first-order valence-electron chi connectivity index (χ1n) is 6.65. The third-order valence-corrected chi connectivity index (χ3v) is 3.58. The normalized spacial score (nSPS) is 18.4. The molecule has 7 nitrogen and oxygen atoms in total. The van der Waals surface area contributed by atoms with Gasteiger partial charge in [0.15, 0.2) is 0 Å². The lowest BCUT2D eigenvalue weighted by atomic mass is 10.1. The molecule has 2 rings (SSSR count). The molecule has 0 N–H and O–H groups in total. The molecule has 1 saturated heterocycles. The number of nitrogens with zero attached hydrogens (tertiary/aromatic N) is 1. The molecule has 0 unspecified atom stereocenters. The second-order valence-electron chi connectivity index (χ2n) is 5.15. The van der Waals surface area contributed by atoms with E-state index in [1.807, 2.05) is 0 Å². The van der Waals surface area contributed by atoms with E-state index in [1.165, 1.54) is 11.8 Å². The molecule has 0 aliphatic carbocycles. The number of ketones is 1. The Morgan fingerprint density at radius 2 is 2.18 bits per heavy atom. The van der Waals surface area contributed by atoms with Gasteiger partial charge in [-0.05, 0) is 24.6 Å². The van der Waals surface area contributed by atoms with Crippen molar-refractivity contribution in [3.05, 3.63) is 29.8 Å². The minimum Gasteiger partial charge on any atom is -0.441 e. The minimum absolute atomic E-state index is 0.0283. The molecule has 1 aromatic rings. The van der Waals surface area contributed by atoms with Crippen LogP contribution in [0.15, 0.2) is 24.3 Å². The lowest BCUT2D eigenvalue weighted by Crippen LogP contribution is -2.26. The van der Waals surface area contributed by atoms with Crippen LogP contribution in [0.1, 0.15) is 12.5 Å². The SMILES string of the molecule is CC(=O)Cc1cccc(N2C[C@H](COS(C)(=O)=O)OC2=O)c1. The Balaban J connectivity index is 2.06. The number of hydrogen-bond donors (Lipinski definition) is 0. The molecule has 1 aliphatic rings. The zero-order valence-corrected chi connectivity index (χ0v) is 13.1. The number of cyclic esters (lactones) is 1. The van der Waals surface area contributed by atoms with Crippen LogP contribution in [0.2, 0.25) is 0 Å². The molecule has 0 radical (unpaired) electrons. The van der Waals surface area contributed by atoms with Crippen molar-refractivity contribution >= 4 is 27.7 Å². The van der Waals surface area contributed by atoms with Gasteiger partial charge < -0.3 is 4.74 Å². The van der Waals surface area contributed by atoms with Gasteiger partial charge in [-0.15, -0.1) is 0 Å². The summed E-state index contributed by atoms with van der Waals surface area (Å²) in [6.07, 6.45) is 0.00479. The van der Waals surface area contributed by atoms with Gasteiger partial charge in [-0.3, -0.25) is 13.9 Å². The molecule has 1 amide bonds.